The zero-order valence-corrected chi connectivity index (χ0v) is 10.0. The van der Waals surface area contributed by atoms with Crippen LogP contribution in [0.2, 0.25) is 0 Å². The lowest BCUT2D eigenvalue weighted by molar-refractivity contribution is -0.0272. The van der Waals surface area contributed by atoms with Crippen LogP contribution in [-0.2, 0) is 9.47 Å². The zero-order valence-electron chi connectivity index (χ0n) is 7.87. The van der Waals surface area contributed by atoms with Gasteiger partial charge in [-0.3, -0.25) is 0 Å². The number of hydrogen-bond acceptors (Lipinski definition) is 3. The molecule has 0 radical (unpaired) electrons. The Morgan fingerprint density at radius 1 is 1.33 bits per heavy atom. The van der Waals surface area contributed by atoms with Gasteiger partial charge in [0.25, 0.3) is 6.29 Å². The molecule has 0 amide bonds. The second-order valence-corrected chi connectivity index (χ2v) is 3.94. The van der Waals surface area contributed by atoms with E-state index in [4.69, 9.17) is 14.2 Å². The lowest BCUT2D eigenvalue weighted by Gasteiger charge is -2.13. The maximum absolute atomic E-state index is 13.8. The van der Waals surface area contributed by atoms with Gasteiger partial charge < -0.3 is 14.2 Å². The Labute approximate surface area is 100.0 Å². The van der Waals surface area contributed by atoms with Crippen LogP contribution < -0.4 is 4.74 Å². The summed E-state index contributed by atoms with van der Waals surface area (Å²) in [5.41, 5.74) is 0.366. The van der Waals surface area contributed by atoms with Crippen molar-refractivity contribution in [1.82, 2.24) is 0 Å². The summed E-state index contributed by atoms with van der Waals surface area (Å²) in [7, 11) is 1.50. The van der Waals surface area contributed by atoms with Crippen LogP contribution in [0, 0.1) is 9.39 Å². The first kappa shape index (κ1) is 10.5. The Morgan fingerprint density at radius 3 is 2.60 bits per heavy atom. The molecule has 1 aromatic carbocycles. The first-order chi connectivity index (χ1) is 7.24. The van der Waals surface area contributed by atoms with Crippen LogP contribution in [0.1, 0.15) is 11.9 Å². The van der Waals surface area contributed by atoms with Crippen molar-refractivity contribution >= 4 is 22.6 Å². The molecule has 15 heavy (non-hydrogen) atoms. The predicted octanol–water partition coefficient (Wildman–Crippen LogP) is 2.96. The molecule has 0 aliphatic carbocycles. The number of rotatable bonds is 2. The molecule has 80 valence electrons. The van der Waals surface area contributed by atoms with E-state index in [0.29, 0.717) is 14.9 Å². The van der Waals surface area contributed by atoms with Gasteiger partial charge in [-0.2, -0.15) is 0 Å². The molecule has 0 N–H and O–H groups in total. The summed E-state index contributed by atoms with van der Waals surface area (Å²) in [6.45, 7) is 0. The molecule has 1 aliphatic rings. The van der Waals surface area contributed by atoms with Crippen LogP contribution in [0.3, 0.4) is 0 Å². The van der Waals surface area contributed by atoms with Gasteiger partial charge in [0.05, 0.1) is 16.2 Å². The van der Waals surface area contributed by atoms with Gasteiger partial charge >= 0.3 is 0 Å². The van der Waals surface area contributed by atoms with E-state index in [1.165, 1.54) is 19.6 Å². The van der Waals surface area contributed by atoms with Gasteiger partial charge in [0.2, 0.25) is 0 Å². The molecule has 0 spiro atoms. The third-order valence-electron chi connectivity index (χ3n) is 2.01. The molecular formula is C10H8FIO3. The Bertz CT molecular complexity index is 398. The number of ether oxygens (including phenoxy) is 3. The largest absolute Gasteiger partial charge is 0.496 e. The molecule has 0 fully saturated rings. The molecule has 1 heterocycles. The van der Waals surface area contributed by atoms with Crippen molar-refractivity contribution in [3.8, 4) is 5.75 Å². The zero-order chi connectivity index (χ0) is 10.8. The summed E-state index contributed by atoms with van der Waals surface area (Å²) < 4.78 is 29.4. The fraction of sp³-hybridized carbons (Fsp3) is 0.200. The monoisotopic (exact) mass is 322 g/mol. The summed E-state index contributed by atoms with van der Waals surface area (Å²) in [5, 5.41) is 0. The van der Waals surface area contributed by atoms with Gasteiger partial charge in [0.1, 0.15) is 18.3 Å². The molecule has 3 nitrogen and oxygen atoms in total. The molecule has 0 aromatic heterocycles. The molecule has 0 saturated heterocycles. The van der Waals surface area contributed by atoms with Crippen LogP contribution in [0.5, 0.6) is 5.75 Å². The molecular weight excluding hydrogens is 314 g/mol. The summed E-state index contributed by atoms with van der Waals surface area (Å²) in [4.78, 5) is 0. The molecule has 0 saturated carbocycles. The van der Waals surface area contributed by atoms with E-state index in [1.54, 1.807) is 12.1 Å². The SMILES string of the molecule is COc1ccc(C2OC=CO2)c(F)c1I. The Kier molecular flexibility index (Phi) is 2.99. The van der Waals surface area contributed by atoms with Crippen molar-refractivity contribution in [2.45, 2.75) is 6.29 Å². The summed E-state index contributed by atoms with van der Waals surface area (Å²) in [5.74, 6) is 0.131. The van der Waals surface area contributed by atoms with Gasteiger partial charge in [-0.05, 0) is 34.7 Å². The molecule has 1 aliphatic heterocycles. The molecule has 1 aromatic rings. The maximum atomic E-state index is 13.8. The smallest absolute Gasteiger partial charge is 0.269 e. The van der Waals surface area contributed by atoms with E-state index in [9.17, 15) is 4.39 Å². The summed E-state index contributed by atoms with van der Waals surface area (Å²) in [6, 6.07) is 3.28. The molecule has 0 unspecified atom stereocenters. The molecule has 0 atom stereocenters. The van der Waals surface area contributed by atoms with Gasteiger partial charge in [-0.15, -0.1) is 0 Å². The van der Waals surface area contributed by atoms with E-state index in [1.807, 2.05) is 22.6 Å². The Balaban J connectivity index is 2.37. The minimum Gasteiger partial charge on any atom is -0.496 e. The van der Waals surface area contributed by atoms with Crippen LogP contribution in [0.25, 0.3) is 0 Å². The summed E-state index contributed by atoms with van der Waals surface area (Å²) >= 11 is 1.89. The quantitative estimate of drug-likeness (QED) is 0.784. The number of benzene rings is 1. The standard InChI is InChI=1S/C10H8FIO3/c1-13-7-3-2-6(8(11)9(7)12)10-14-4-5-15-10/h2-5,10H,1H3. The highest BCUT2D eigenvalue weighted by Gasteiger charge is 2.22. The summed E-state index contributed by atoms with van der Waals surface area (Å²) in [6.07, 6.45) is 2.09. The number of methoxy groups -OCH3 is 1. The fourth-order valence-electron chi connectivity index (χ4n) is 1.27. The van der Waals surface area contributed by atoms with E-state index in [-0.39, 0.29) is 5.82 Å². The average Bonchev–Trinajstić information content (AvgIpc) is 2.75. The predicted molar refractivity (Wildman–Crippen MR) is 59.7 cm³/mol. The van der Waals surface area contributed by atoms with Crippen molar-refractivity contribution < 1.29 is 18.6 Å². The fourth-order valence-corrected chi connectivity index (χ4v) is 1.98. The van der Waals surface area contributed by atoms with Crippen molar-refractivity contribution in [1.29, 1.82) is 0 Å². The highest BCUT2D eigenvalue weighted by atomic mass is 127. The van der Waals surface area contributed by atoms with Gasteiger partial charge in [-0.25, -0.2) is 4.39 Å². The van der Waals surface area contributed by atoms with Gasteiger partial charge in [-0.1, -0.05) is 0 Å². The Morgan fingerprint density at radius 2 is 2.00 bits per heavy atom. The van der Waals surface area contributed by atoms with Crippen LogP contribution in [0.4, 0.5) is 4.39 Å². The number of halogens is 2. The highest BCUT2D eigenvalue weighted by molar-refractivity contribution is 14.1. The molecule has 2 rings (SSSR count). The third-order valence-corrected chi connectivity index (χ3v) is 3.02. The maximum Gasteiger partial charge on any atom is 0.269 e. The second kappa shape index (κ2) is 4.26. The van der Waals surface area contributed by atoms with Crippen LogP contribution in [0.15, 0.2) is 24.7 Å². The Hall–Kier alpha value is -0.980. The van der Waals surface area contributed by atoms with Crippen LogP contribution in [-0.4, -0.2) is 7.11 Å². The number of hydrogen-bond donors (Lipinski definition) is 0. The van der Waals surface area contributed by atoms with Crippen molar-refractivity contribution in [2.24, 2.45) is 0 Å². The molecule has 5 heteroatoms. The first-order valence-corrected chi connectivity index (χ1v) is 5.29. The minimum atomic E-state index is -0.690. The average molecular weight is 322 g/mol. The molecule has 0 bridgehead atoms. The minimum absolute atomic E-state index is 0.366. The van der Waals surface area contributed by atoms with E-state index < -0.39 is 6.29 Å². The normalized spacial score (nSPS) is 14.9. The van der Waals surface area contributed by atoms with Crippen molar-refractivity contribution in [3.63, 3.8) is 0 Å². The van der Waals surface area contributed by atoms with Crippen LogP contribution >= 0.6 is 22.6 Å². The topological polar surface area (TPSA) is 27.7 Å². The lowest BCUT2D eigenvalue weighted by atomic mass is 10.2. The second-order valence-electron chi connectivity index (χ2n) is 2.86. The first-order valence-electron chi connectivity index (χ1n) is 4.22. The van der Waals surface area contributed by atoms with E-state index >= 15 is 0 Å². The lowest BCUT2D eigenvalue weighted by Crippen LogP contribution is -2.04. The third kappa shape index (κ3) is 1.88. The van der Waals surface area contributed by atoms with Crippen molar-refractivity contribution in [3.05, 3.63) is 39.6 Å². The van der Waals surface area contributed by atoms with Gasteiger partial charge in [0.15, 0.2) is 5.82 Å². The highest BCUT2D eigenvalue weighted by Crippen LogP contribution is 2.32. The van der Waals surface area contributed by atoms with Gasteiger partial charge in [0, 0.05) is 0 Å². The van der Waals surface area contributed by atoms with E-state index in [0.717, 1.165) is 0 Å². The van der Waals surface area contributed by atoms with Crippen molar-refractivity contribution in [2.75, 3.05) is 7.11 Å². The van der Waals surface area contributed by atoms with E-state index in [2.05, 4.69) is 0 Å².